The Morgan fingerprint density at radius 1 is 1.09 bits per heavy atom. The number of hydrogen-bond donors (Lipinski definition) is 1. The summed E-state index contributed by atoms with van der Waals surface area (Å²) >= 11 is 0. The Kier molecular flexibility index (Phi) is 6.22. The monoisotopic (exact) mass is 463 g/mol. The van der Waals surface area contributed by atoms with E-state index in [0.717, 1.165) is 4.90 Å². The van der Waals surface area contributed by atoms with E-state index in [-0.39, 0.29) is 34.4 Å². The van der Waals surface area contributed by atoms with E-state index in [1.54, 1.807) is 13.0 Å². The number of imide groups is 1. The first-order valence-electron chi connectivity index (χ1n) is 10.6. The van der Waals surface area contributed by atoms with Crippen LogP contribution in [-0.4, -0.2) is 35.2 Å². The predicted molar refractivity (Wildman–Crippen MR) is 121 cm³/mol. The van der Waals surface area contributed by atoms with Crippen molar-refractivity contribution in [3.05, 3.63) is 75.9 Å². The maximum Gasteiger partial charge on any atom is 0.338 e. The molecule has 1 N–H and O–H groups in total. The molecule has 2 aromatic rings. The zero-order valence-corrected chi connectivity index (χ0v) is 18.2. The van der Waals surface area contributed by atoms with Gasteiger partial charge in [-0.1, -0.05) is 24.3 Å². The van der Waals surface area contributed by atoms with Gasteiger partial charge in [0.1, 0.15) is 0 Å². The van der Waals surface area contributed by atoms with Gasteiger partial charge in [-0.15, -0.1) is 0 Å². The number of carbonyl (C=O) groups excluding carboxylic acids is 4. The quantitative estimate of drug-likeness (QED) is 0.228. The molecular formula is C24H21N3O7. The summed E-state index contributed by atoms with van der Waals surface area (Å²) in [5.41, 5.74) is 0.843. The van der Waals surface area contributed by atoms with Crippen molar-refractivity contribution in [3.63, 3.8) is 0 Å². The highest BCUT2D eigenvalue weighted by atomic mass is 16.6. The minimum absolute atomic E-state index is 0.0740. The van der Waals surface area contributed by atoms with Gasteiger partial charge in [0.05, 0.1) is 28.0 Å². The van der Waals surface area contributed by atoms with E-state index in [1.807, 2.05) is 12.2 Å². The Balaban J connectivity index is 1.40. The van der Waals surface area contributed by atoms with Crippen molar-refractivity contribution in [2.24, 2.45) is 11.8 Å². The van der Waals surface area contributed by atoms with Crippen LogP contribution in [0.25, 0.3) is 0 Å². The fourth-order valence-electron chi connectivity index (χ4n) is 4.12. The minimum atomic E-state index is -0.815. The molecule has 0 saturated carbocycles. The van der Waals surface area contributed by atoms with Gasteiger partial charge >= 0.3 is 5.97 Å². The van der Waals surface area contributed by atoms with Crippen LogP contribution in [0, 0.1) is 28.9 Å². The lowest BCUT2D eigenvalue weighted by molar-refractivity contribution is -0.385. The number of allylic oxidation sites excluding steroid dienone is 2. The molecule has 2 aliphatic rings. The largest absolute Gasteiger partial charge is 0.452 e. The van der Waals surface area contributed by atoms with Gasteiger partial charge in [-0.05, 0) is 44.0 Å². The summed E-state index contributed by atoms with van der Waals surface area (Å²) in [5, 5.41) is 13.5. The number of benzene rings is 2. The Bertz CT molecular complexity index is 1210. The van der Waals surface area contributed by atoms with Crippen LogP contribution in [0.5, 0.6) is 0 Å². The Morgan fingerprint density at radius 3 is 2.41 bits per heavy atom. The van der Waals surface area contributed by atoms with Crippen LogP contribution in [0.3, 0.4) is 0 Å². The molecule has 4 rings (SSSR count). The molecule has 10 nitrogen and oxygen atoms in total. The molecule has 1 heterocycles. The molecule has 2 aromatic carbocycles. The number of nitrogens with one attached hydrogen (secondary N) is 1. The van der Waals surface area contributed by atoms with E-state index in [9.17, 15) is 29.3 Å². The molecule has 1 aliphatic carbocycles. The topological polar surface area (TPSA) is 136 Å². The van der Waals surface area contributed by atoms with Gasteiger partial charge < -0.3 is 10.1 Å². The van der Waals surface area contributed by atoms with Gasteiger partial charge in [0.25, 0.3) is 11.6 Å². The second kappa shape index (κ2) is 9.26. The van der Waals surface area contributed by atoms with Crippen molar-refractivity contribution in [2.75, 3.05) is 16.8 Å². The van der Waals surface area contributed by atoms with E-state index in [2.05, 4.69) is 5.32 Å². The molecular weight excluding hydrogens is 442 g/mol. The number of amides is 3. The Morgan fingerprint density at radius 2 is 1.76 bits per heavy atom. The van der Waals surface area contributed by atoms with E-state index < -0.39 is 35.2 Å². The third kappa shape index (κ3) is 4.42. The number of ether oxygens (including phenoxy) is 1. The molecule has 1 aliphatic heterocycles. The summed E-state index contributed by atoms with van der Waals surface area (Å²) in [5.74, 6) is -2.87. The number of hydrogen-bond acceptors (Lipinski definition) is 7. The van der Waals surface area contributed by atoms with Crippen molar-refractivity contribution in [3.8, 4) is 0 Å². The van der Waals surface area contributed by atoms with E-state index in [1.165, 1.54) is 36.4 Å². The molecule has 2 atom stereocenters. The van der Waals surface area contributed by atoms with Crippen molar-refractivity contribution in [1.82, 2.24) is 0 Å². The summed E-state index contributed by atoms with van der Waals surface area (Å²) in [6, 6.07) is 10.1. The van der Waals surface area contributed by atoms with Gasteiger partial charge in [0.15, 0.2) is 6.61 Å². The summed E-state index contributed by atoms with van der Waals surface area (Å²) in [6.07, 6.45) is 4.80. The summed E-state index contributed by atoms with van der Waals surface area (Å²) in [6.45, 7) is 0.954. The van der Waals surface area contributed by atoms with E-state index in [4.69, 9.17) is 4.74 Å². The molecule has 0 unspecified atom stereocenters. The molecule has 174 valence electrons. The number of nitro benzene ring substituents is 1. The molecule has 0 spiro atoms. The maximum absolute atomic E-state index is 12.8. The van der Waals surface area contributed by atoms with Crippen molar-refractivity contribution >= 4 is 40.8 Å². The predicted octanol–water partition coefficient (Wildman–Crippen LogP) is 3.15. The van der Waals surface area contributed by atoms with Crippen LogP contribution in [0.1, 0.15) is 28.8 Å². The first-order valence-corrected chi connectivity index (χ1v) is 10.6. The lowest BCUT2D eigenvalue weighted by Crippen LogP contribution is -2.31. The lowest BCUT2D eigenvalue weighted by atomic mass is 9.85. The third-order valence-electron chi connectivity index (χ3n) is 5.87. The number of nitrogens with zero attached hydrogens (tertiary/aromatic N) is 2. The number of anilines is 2. The molecule has 0 bridgehead atoms. The van der Waals surface area contributed by atoms with Gasteiger partial charge in [0, 0.05) is 17.3 Å². The van der Waals surface area contributed by atoms with Crippen LogP contribution in [0.4, 0.5) is 17.1 Å². The molecule has 1 fully saturated rings. The average Bonchev–Trinajstić information content (AvgIpc) is 3.08. The fraction of sp³-hybridized carbons (Fsp3) is 0.250. The zero-order valence-electron chi connectivity index (χ0n) is 18.2. The standard InChI is InChI=1S/C24H21N3O7/c1-14-9-10-16(12-20(14)27(32)33)25-21(28)13-34-24(31)15-5-4-6-17(11-15)26-22(29)18-7-2-3-8-19(18)23(26)30/h2-6,9-12,18-19H,7-8,13H2,1H3,(H,25,28)/t18-,19-/m0/s1. The van der Waals surface area contributed by atoms with Gasteiger partial charge in [-0.2, -0.15) is 0 Å². The van der Waals surface area contributed by atoms with Gasteiger partial charge in [0.2, 0.25) is 11.8 Å². The molecule has 0 aromatic heterocycles. The Labute approximate surface area is 194 Å². The van der Waals surface area contributed by atoms with Crippen molar-refractivity contribution in [1.29, 1.82) is 0 Å². The molecule has 1 saturated heterocycles. The summed E-state index contributed by atoms with van der Waals surface area (Å²) < 4.78 is 5.05. The van der Waals surface area contributed by atoms with Gasteiger partial charge in [-0.25, -0.2) is 4.79 Å². The Hall–Kier alpha value is -4.34. The second-order valence-corrected chi connectivity index (χ2v) is 8.10. The second-order valence-electron chi connectivity index (χ2n) is 8.10. The fourth-order valence-corrected chi connectivity index (χ4v) is 4.12. The number of esters is 1. The van der Waals surface area contributed by atoms with Crippen LogP contribution in [-0.2, 0) is 19.1 Å². The number of nitro groups is 1. The highest BCUT2D eigenvalue weighted by Crippen LogP contribution is 2.37. The van der Waals surface area contributed by atoms with Gasteiger partial charge in [-0.3, -0.25) is 29.4 Å². The van der Waals surface area contributed by atoms with Crippen LogP contribution in [0.15, 0.2) is 54.6 Å². The van der Waals surface area contributed by atoms with Crippen molar-refractivity contribution in [2.45, 2.75) is 19.8 Å². The normalized spacial score (nSPS) is 19.0. The van der Waals surface area contributed by atoms with Crippen LogP contribution < -0.4 is 10.2 Å². The maximum atomic E-state index is 12.8. The number of fused-ring (bicyclic) bond motifs is 1. The number of aryl methyl sites for hydroxylation is 1. The summed E-state index contributed by atoms with van der Waals surface area (Å²) in [4.78, 5) is 61.8. The van der Waals surface area contributed by atoms with Crippen LogP contribution in [0.2, 0.25) is 0 Å². The molecule has 34 heavy (non-hydrogen) atoms. The van der Waals surface area contributed by atoms with E-state index in [0.29, 0.717) is 18.4 Å². The lowest BCUT2D eigenvalue weighted by Gasteiger charge is -2.15. The number of rotatable bonds is 6. The first kappa shape index (κ1) is 22.8. The minimum Gasteiger partial charge on any atom is -0.452 e. The van der Waals surface area contributed by atoms with E-state index >= 15 is 0 Å². The third-order valence-corrected chi connectivity index (χ3v) is 5.87. The molecule has 3 amide bonds. The summed E-state index contributed by atoms with van der Waals surface area (Å²) in [7, 11) is 0. The molecule has 10 heteroatoms. The molecule has 0 radical (unpaired) electrons. The average molecular weight is 463 g/mol. The highest BCUT2D eigenvalue weighted by Gasteiger charge is 2.47. The number of carbonyl (C=O) groups is 4. The highest BCUT2D eigenvalue weighted by molar-refractivity contribution is 6.22. The van der Waals surface area contributed by atoms with Crippen molar-refractivity contribution < 1.29 is 28.8 Å². The SMILES string of the molecule is Cc1ccc(NC(=O)COC(=O)c2cccc(N3C(=O)[C@H]4CC=CC[C@@H]4C3=O)c2)cc1[N+](=O)[O-]. The van der Waals surface area contributed by atoms with Crippen LogP contribution >= 0.6 is 0 Å². The smallest absolute Gasteiger partial charge is 0.338 e. The first-order chi connectivity index (χ1) is 16.3. The zero-order chi connectivity index (χ0) is 24.4.